The van der Waals surface area contributed by atoms with Gasteiger partial charge in [0.25, 0.3) is 17.7 Å². The van der Waals surface area contributed by atoms with Gasteiger partial charge in [-0.1, -0.05) is 122 Å². The Balaban J connectivity index is 0.000000198. The number of nitrogens with zero attached hydrogens (tertiary/aromatic N) is 5. The predicted octanol–water partition coefficient (Wildman–Crippen LogP) is 34.9. The van der Waals surface area contributed by atoms with Crippen LogP contribution in [0.15, 0.2) is 183 Å². The molecule has 11 nitrogen and oxygen atoms in total. The van der Waals surface area contributed by atoms with Crippen LogP contribution in [0.25, 0.3) is 52.5 Å². The lowest BCUT2D eigenvalue weighted by atomic mass is 9.88. The van der Waals surface area contributed by atoms with Crippen molar-refractivity contribution in [3.63, 3.8) is 0 Å². The van der Waals surface area contributed by atoms with Gasteiger partial charge in [-0.2, -0.15) is 0 Å². The second-order valence-electron chi connectivity index (χ2n) is 29.0. The summed E-state index contributed by atoms with van der Waals surface area (Å²) in [6.07, 6.45) is 12.3. The summed E-state index contributed by atoms with van der Waals surface area (Å²) in [5, 5.41) is 4.08. The van der Waals surface area contributed by atoms with Crippen molar-refractivity contribution in [3.8, 4) is 33.8 Å². The molecule has 2 saturated carbocycles. The molecule has 2 aliphatic rings. The van der Waals surface area contributed by atoms with E-state index in [-0.39, 0.29) is 169 Å². The number of methoxy groups -OCH3 is 2. The number of carbonyl (C=O) groups is 3. The maximum Gasteiger partial charge on any atom is 0.266 e. The van der Waals surface area contributed by atoms with Gasteiger partial charge in [0.2, 0.25) is 0 Å². The molecule has 47 heteroatoms. The fourth-order valence-corrected chi connectivity index (χ4v) is 249. The average Bonchev–Trinajstić information content (AvgIpc) is 1.63. The summed E-state index contributed by atoms with van der Waals surface area (Å²) in [5.41, 5.74) is 8.30. The van der Waals surface area contributed by atoms with Crippen LogP contribution < -0.4 is 14.8 Å². The van der Waals surface area contributed by atoms with Gasteiger partial charge in [0.1, 0.15) is 55.2 Å². The van der Waals surface area contributed by atoms with Gasteiger partial charge in [-0.15, -0.1) is 159 Å². The second-order valence-corrected chi connectivity index (χ2v) is 126. The summed E-state index contributed by atoms with van der Waals surface area (Å²) in [6, 6.07) is 46.0. The van der Waals surface area contributed by atoms with Crippen LogP contribution in [0.4, 0.5) is 22.0 Å². The molecule has 17 unspecified atom stereocenters. The minimum atomic E-state index is -0.698. The summed E-state index contributed by atoms with van der Waals surface area (Å²) in [6.45, 7) is 4.86. The topological polar surface area (TPSA) is 117 Å². The Hall–Kier alpha value is 1.96. The monoisotopic (exact) mass is 2290 g/mol. The molecule has 0 saturated heterocycles. The van der Waals surface area contributed by atoms with Crippen molar-refractivity contribution in [2.75, 3.05) is 14.2 Å². The normalized spacial score (nSPS) is 15.9. The highest BCUT2D eigenvalue weighted by atomic mass is 35.5. The number of aromatic nitrogens is 2. The lowest BCUT2D eigenvalue weighted by Crippen LogP contribution is -2.47. The van der Waals surface area contributed by atoms with Crippen molar-refractivity contribution >= 4 is 320 Å². The van der Waals surface area contributed by atoms with Gasteiger partial charge in [0, 0.05) is 91.6 Å². The van der Waals surface area contributed by atoms with Crippen molar-refractivity contribution in [1.82, 2.24) is 30.0 Å². The second kappa shape index (κ2) is 53.2. The van der Waals surface area contributed by atoms with Crippen molar-refractivity contribution < 1.29 is 45.8 Å². The van der Waals surface area contributed by atoms with Crippen molar-refractivity contribution in [3.05, 3.63) is 269 Å². The Bertz CT molecular complexity index is 5710. The SMILES string of the molecule is COc1ccc(-c2ccncc2)cc1CN(C(=O)c1sc2c(F)ccc(C)c2c1Cl)C1CCC(N(Cc2ccccc2)C(=O)c2sc3c(F)ccc(F)c3c2Cl)CC1.COc1ccc(-c2ccncc2)cc1CN(C(=O)c1sc2c(F)ccc(F)c2c1Cl)C1CCC(NCc2ccccc2)CC1.PP(P)P(P)P(P(P)P)P(P)P.PPP(P(P)P)P(P(P)P)P(P)P. The van der Waals surface area contributed by atoms with E-state index < -0.39 is 35.0 Å². The Labute approximate surface area is 813 Å². The largest absolute Gasteiger partial charge is 0.496 e. The number of aryl methyl sites for hydroxylation is 1. The smallest absolute Gasteiger partial charge is 0.266 e. The summed E-state index contributed by atoms with van der Waals surface area (Å²) >= 11 is 23.0. The van der Waals surface area contributed by atoms with Gasteiger partial charge in [-0.05, 0) is 246 Å². The van der Waals surface area contributed by atoms with Crippen LogP contribution in [0.2, 0.25) is 15.1 Å². The van der Waals surface area contributed by atoms with E-state index in [4.69, 9.17) is 44.3 Å². The Morgan fingerprint density at radius 1 is 0.433 bits per heavy atom. The molecule has 12 aromatic rings. The highest BCUT2D eigenvalue weighted by Crippen LogP contribution is 3.18. The van der Waals surface area contributed by atoms with Crippen molar-refractivity contribution in [1.29, 1.82) is 0 Å². The Morgan fingerprint density at radius 3 is 1.13 bits per heavy atom. The molecule has 5 heterocycles. The van der Waals surface area contributed by atoms with Crippen LogP contribution >= 0.6 is 272 Å². The number of hydrogen-bond donors (Lipinski definition) is 1. The molecule has 14 rings (SSSR count). The van der Waals surface area contributed by atoms with Gasteiger partial charge in [0.15, 0.2) is 0 Å². The van der Waals surface area contributed by atoms with Crippen LogP contribution in [-0.2, 0) is 26.2 Å². The summed E-state index contributed by atoms with van der Waals surface area (Å²) in [4.78, 5) is 57.8. The highest BCUT2D eigenvalue weighted by Gasteiger charge is 2.40. The summed E-state index contributed by atoms with van der Waals surface area (Å²) in [7, 11) is 46.4. The standard InChI is InChI=1S/C45H36Cl2F3N3O3S2.C35H32ClF2N3O2S.H15P13.H14P12/c1-25-8-14-33(49)40-36(25)38(46)42(57-40)45(55)53(24-29-22-28(9-17-35(29)56-2)27-18-20-51-21-19-27)31-12-10-30(11-13-31)52(23-26-6-4-3-5-7-26)44(54)43-39(47)37-32(48)15-16-34(50)41(37)58-43;1-43-30-14-7-24(23-15-17-39-18-16-23)19-25(30)21-41(27-10-8-26(9-11-27)40-20-22-5-3-2-4-6-22)35(42)34-32(36)31-28(37)12-13-29(38)33(31)44-34;1-8-12(9(2)3)13(10(4)5)11(6)7;1-8(2)11(7)12(9(3)4)10(5)6/h3-9,14-22,30-31H,10-13,23-24H2,1-2H3;2-7,12-19,26-27,40H,8-11,20-21H2,1H3;8H,1-7H2;1-7H2. The molecule has 0 radical (unpaired) electrons. The van der Waals surface area contributed by atoms with Crippen molar-refractivity contribution in [2.45, 2.75) is 109 Å². The molecule has 1 N–H and O–H groups in total. The minimum absolute atomic E-state index is 0.00993. The minimum Gasteiger partial charge on any atom is -0.496 e. The van der Waals surface area contributed by atoms with Gasteiger partial charge in [-0.25, -0.2) is 22.0 Å². The van der Waals surface area contributed by atoms with E-state index in [9.17, 15) is 31.9 Å². The molecular weight excluding hydrogens is 2200 g/mol. The molecule has 0 bridgehead atoms. The predicted molar refractivity (Wildman–Crippen MR) is 612 cm³/mol. The van der Waals surface area contributed by atoms with E-state index in [1.165, 1.54) is 11.6 Å². The first-order valence-electron chi connectivity index (χ1n) is 38.8. The number of nitrogens with one attached hydrogen (secondary N) is 1. The lowest BCUT2D eigenvalue weighted by Gasteiger charge is -2.41. The molecule has 17 atom stereocenters. The third kappa shape index (κ3) is 28.7. The molecule has 0 aliphatic heterocycles. The Morgan fingerprint density at radius 2 is 0.787 bits per heavy atom. The van der Waals surface area contributed by atoms with E-state index in [0.717, 1.165) is 143 Å². The van der Waals surface area contributed by atoms with E-state index >= 15 is 4.39 Å². The van der Waals surface area contributed by atoms with E-state index in [0.29, 0.717) is 53.3 Å². The molecule has 2 fully saturated rings. The van der Waals surface area contributed by atoms with E-state index in [1.807, 2.05) is 121 Å². The summed E-state index contributed by atoms with van der Waals surface area (Å²) < 4.78 is 86.3. The van der Waals surface area contributed by atoms with Gasteiger partial charge in [-0.3, -0.25) is 24.4 Å². The zero-order valence-corrected chi connectivity index (χ0v) is 99.5. The number of pyridine rings is 2. The summed E-state index contributed by atoms with van der Waals surface area (Å²) in [5.74, 6) is -2.89. The number of rotatable bonds is 28. The third-order valence-corrected chi connectivity index (χ3v) is 166. The zero-order chi connectivity index (χ0) is 91.8. The van der Waals surface area contributed by atoms with Gasteiger partial charge in [0.05, 0.1) is 54.2 Å². The van der Waals surface area contributed by atoms with Gasteiger partial charge < -0.3 is 29.5 Å². The fraction of sp³-hybridized carbons (Fsp3) is 0.237. The quantitative estimate of drug-likeness (QED) is 0.0381. The maximum atomic E-state index is 15.1. The van der Waals surface area contributed by atoms with Crippen molar-refractivity contribution in [2.24, 2.45) is 0 Å². The number of carbonyl (C=O) groups excluding carboxylic acids is 3. The van der Waals surface area contributed by atoms with Crippen LogP contribution in [0.5, 0.6) is 11.5 Å². The molecule has 0 spiro atoms. The molecule has 2 aliphatic carbocycles. The fourth-order valence-electron chi connectivity index (χ4n) is 14.9. The van der Waals surface area contributed by atoms with E-state index in [1.54, 1.807) is 54.9 Å². The van der Waals surface area contributed by atoms with Crippen LogP contribution in [-0.4, -0.2) is 80.8 Å². The molecule has 7 aromatic carbocycles. The Kier molecular flexibility index (Phi) is 45.8. The third-order valence-electron chi connectivity index (χ3n) is 21.0. The number of thiophene rings is 3. The van der Waals surface area contributed by atoms with Crippen LogP contribution in [0, 0.1) is 36.0 Å². The number of amides is 3. The molecule has 5 aromatic heterocycles. The first-order valence-corrected chi connectivity index (χ1v) is 86.1. The number of fused-ring (bicyclic) bond motifs is 3. The van der Waals surface area contributed by atoms with Crippen LogP contribution in [0.1, 0.15) is 108 Å². The first kappa shape index (κ1) is 109. The molecular formula is C80H97Cl3F5N6O5P25S3. The van der Waals surface area contributed by atoms with Crippen LogP contribution in [0.3, 0.4) is 0 Å². The average molecular weight is 2290 g/mol. The maximum absolute atomic E-state index is 15.1. The molecule has 127 heavy (non-hydrogen) atoms. The number of ether oxygens (including phenoxy) is 2. The number of benzene rings is 7. The number of halogens is 8. The van der Waals surface area contributed by atoms with Gasteiger partial charge >= 0.3 is 0 Å². The molecule has 676 valence electrons. The molecule has 3 amide bonds. The highest BCUT2D eigenvalue weighted by molar-refractivity contribution is 9.24. The van der Waals surface area contributed by atoms with E-state index in [2.05, 4.69) is 152 Å². The first-order chi connectivity index (χ1) is 60.7. The lowest BCUT2D eigenvalue weighted by molar-refractivity contribution is 0.0460. The zero-order valence-electron chi connectivity index (χ0n) is 68.7. The number of hydrogen-bond acceptors (Lipinski definition) is 11.